The van der Waals surface area contributed by atoms with Crippen LogP contribution in [-0.4, -0.2) is 51.7 Å². The van der Waals surface area contributed by atoms with E-state index in [1.54, 1.807) is 0 Å². The van der Waals surface area contributed by atoms with E-state index in [4.69, 9.17) is 4.74 Å². The highest BCUT2D eigenvalue weighted by Gasteiger charge is 2.73. The molecule has 3 fully saturated rings. The van der Waals surface area contributed by atoms with Crippen LogP contribution in [-0.2, 0) is 23.2 Å². The average molecular weight is 355 g/mol. The molecule has 0 radical (unpaired) electrons. The van der Waals surface area contributed by atoms with E-state index in [0.717, 1.165) is 43.0 Å². The summed E-state index contributed by atoms with van der Waals surface area (Å²) in [7, 11) is 0. The lowest BCUT2D eigenvalue weighted by molar-refractivity contribution is -0.188. The molecule has 5 nitrogen and oxygen atoms in total. The fraction of sp³-hybridized carbons (Fsp3) is 0.667. The smallest absolute Gasteiger partial charge is 0.174 e. The summed E-state index contributed by atoms with van der Waals surface area (Å²) in [5.41, 5.74) is 1.43. The van der Waals surface area contributed by atoms with Gasteiger partial charge in [-0.15, -0.1) is 0 Å². The van der Waals surface area contributed by atoms with Crippen LogP contribution in [0.15, 0.2) is 12.1 Å². The summed E-state index contributed by atoms with van der Waals surface area (Å²) in [6.45, 7) is 1.88. The van der Waals surface area contributed by atoms with Gasteiger partial charge in [-0.05, 0) is 50.1 Å². The van der Waals surface area contributed by atoms with Gasteiger partial charge in [0.2, 0.25) is 0 Å². The SMILES string of the molecule is O=C1CC[C@]2(O)C3Cc4ccc(CO)c5c4[C@]2(CCN3CC2CC2)[C@@H]1O5. The number of rotatable bonds is 3. The minimum absolute atomic E-state index is 0.0643. The average Bonchev–Trinajstić information content (AvgIpc) is 3.37. The molecule has 2 bridgehead atoms. The maximum Gasteiger partial charge on any atom is 0.174 e. The zero-order chi connectivity index (χ0) is 17.7. The normalized spacial score (nSPS) is 40.3. The summed E-state index contributed by atoms with van der Waals surface area (Å²) in [4.78, 5) is 15.3. The van der Waals surface area contributed by atoms with Gasteiger partial charge < -0.3 is 14.9 Å². The minimum Gasteiger partial charge on any atom is -0.481 e. The Morgan fingerprint density at radius 3 is 2.88 bits per heavy atom. The Labute approximate surface area is 152 Å². The third-order valence-corrected chi connectivity index (χ3v) is 7.83. The Morgan fingerprint density at radius 2 is 2.12 bits per heavy atom. The first-order valence-corrected chi connectivity index (χ1v) is 10.0. The lowest BCUT2D eigenvalue weighted by Crippen LogP contribution is -2.76. The highest BCUT2D eigenvalue weighted by molar-refractivity contribution is 5.89. The Bertz CT molecular complexity index is 818. The molecule has 4 atom stereocenters. The lowest BCUT2D eigenvalue weighted by atomic mass is 9.49. The number of hydrogen-bond donors (Lipinski definition) is 2. The molecule has 1 aromatic rings. The predicted octanol–water partition coefficient (Wildman–Crippen LogP) is 1.31. The molecule has 1 saturated heterocycles. The van der Waals surface area contributed by atoms with Gasteiger partial charge in [-0.2, -0.15) is 0 Å². The van der Waals surface area contributed by atoms with Crippen molar-refractivity contribution in [2.24, 2.45) is 5.92 Å². The van der Waals surface area contributed by atoms with E-state index in [-0.39, 0.29) is 18.4 Å². The number of piperidine rings is 1. The van der Waals surface area contributed by atoms with Gasteiger partial charge in [0.25, 0.3) is 0 Å². The number of benzene rings is 1. The zero-order valence-corrected chi connectivity index (χ0v) is 14.9. The maximum atomic E-state index is 12.8. The molecule has 1 unspecified atom stereocenters. The molecule has 138 valence electrons. The summed E-state index contributed by atoms with van der Waals surface area (Å²) >= 11 is 0. The fourth-order valence-corrected chi connectivity index (χ4v) is 6.46. The van der Waals surface area contributed by atoms with Crippen LogP contribution in [0.3, 0.4) is 0 Å². The predicted molar refractivity (Wildman–Crippen MR) is 94.1 cm³/mol. The number of nitrogens with zero attached hydrogens (tertiary/aromatic N) is 1. The summed E-state index contributed by atoms with van der Waals surface area (Å²) in [5, 5.41) is 21.8. The van der Waals surface area contributed by atoms with E-state index >= 15 is 0 Å². The van der Waals surface area contributed by atoms with Gasteiger partial charge in [-0.3, -0.25) is 9.69 Å². The van der Waals surface area contributed by atoms with E-state index in [1.807, 2.05) is 6.07 Å². The van der Waals surface area contributed by atoms with Gasteiger partial charge in [-0.1, -0.05) is 12.1 Å². The lowest BCUT2D eigenvalue weighted by Gasteiger charge is -2.62. The number of aliphatic hydroxyl groups is 2. The van der Waals surface area contributed by atoms with Crippen molar-refractivity contribution in [3.8, 4) is 5.75 Å². The first-order valence-electron chi connectivity index (χ1n) is 10.0. The van der Waals surface area contributed by atoms with Crippen molar-refractivity contribution in [2.45, 2.75) is 68.3 Å². The monoisotopic (exact) mass is 355 g/mol. The van der Waals surface area contributed by atoms with Crippen LogP contribution in [0.1, 0.15) is 48.8 Å². The molecule has 2 saturated carbocycles. The minimum atomic E-state index is -0.912. The van der Waals surface area contributed by atoms with Crippen LogP contribution < -0.4 is 4.74 Å². The molecule has 0 aromatic heterocycles. The molecule has 1 spiro atoms. The third kappa shape index (κ3) is 1.66. The van der Waals surface area contributed by atoms with E-state index in [0.29, 0.717) is 18.6 Å². The second-order valence-electron chi connectivity index (χ2n) is 9.01. The van der Waals surface area contributed by atoms with Gasteiger partial charge in [0.15, 0.2) is 11.9 Å². The molecule has 2 aliphatic heterocycles. The van der Waals surface area contributed by atoms with E-state index in [9.17, 15) is 15.0 Å². The molecule has 26 heavy (non-hydrogen) atoms. The molecule has 6 rings (SSSR count). The van der Waals surface area contributed by atoms with Crippen molar-refractivity contribution in [3.05, 3.63) is 28.8 Å². The van der Waals surface area contributed by atoms with Crippen molar-refractivity contribution in [2.75, 3.05) is 13.1 Å². The topological polar surface area (TPSA) is 70.0 Å². The number of ether oxygens (including phenoxy) is 1. The number of carbonyl (C=O) groups is 1. The molecule has 3 aliphatic carbocycles. The zero-order valence-electron chi connectivity index (χ0n) is 14.9. The number of Topliss-reactive ketones (excluding diaryl/α,β-unsaturated/α-hetero) is 1. The van der Waals surface area contributed by atoms with Crippen LogP contribution in [0.2, 0.25) is 0 Å². The quantitative estimate of drug-likeness (QED) is 0.856. The molecule has 5 heteroatoms. The Balaban J connectivity index is 1.57. The van der Waals surface area contributed by atoms with Gasteiger partial charge in [0, 0.05) is 30.1 Å². The van der Waals surface area contributed by atoms with Crippen molar-refractivity contribution in [1.82, 2.24) is 4.90 Å². The van der Waals surface area contributed by atoms with Gasteiger partial charge in [-0.25, -0.2) is 0 Å². The molecule has 2 heterocycles. The van der Waals surface area contributed by atoms with Crippen molar-refractivity contribution < 1.29 is 19.7 Å². The van der Waals surface area contributed by atoms with Gasteiger partial charge >= 0.3 is 0 Å². The second-order valence-corrected chi connectivity index (χ2v) is 9.01. The Morgan fingerprint density at radius 1 is 1.27 bits per heavy atom. The number of aliphatic hydroxyl groups excluding tert-OH is 1. The van der Waals surface area contributed by atoms with E-state index in [1.165, 1.54) is 18.4 Å². The van der Waals surface area contributed by atoms with Crippen LogP contribution >= 0.6 is 0 Å². The molecule has 5 aliphatic rings. The molecule has 2 N–H and O–H groups in total. The summed E-state index contributed by atoms with van der Waals surface area (Å²) in [5.74, 6) is 1.57. The maximum absolute atomic E-state index is 12.8. The fourth-order valence-electron chi connectivity index (χ4n) is 6.46. The summed E-state index contributed by atoms with van der Waals surface area (Å²) in [6.07, 6.45) is 4.50. The van der Waals surface area contributed by atoms with E-state index < -0.39 is 17.1 Å². The van der Waals surface area contributed by atoms with Gasteiger partial charge in [0.1, 0.15) is 5.75 Å². The standard InChI is InChI=1S/C21H25NO4/c23-11-14-4-3-13-9-16-21(25)6-5-15(24)19-20(21,17(13)18(14)26-19)7-8-22(16)10-12-1-2-12/h3-4,12,16,19,23,25H,1-2,5-11H2/t16?,19-,20-,21+/m1/s1. The molecule has 1 aromatic carbocycles. The van der Waals surface area contributed by atoms with Crippen LogP contribution in [0.4, 0.5) is 0 Å². The first kappa shape index (κ1) is 15.6. The Kier molecular flexibility index (Phi) is 2.93. The summed E-state index contributed by atoms with van der Waals surface area (Å²) < 4.78 is 6.22. The first-order chi connectivity index (χ1) is 12.6. The number of hydrogen-bond acceptors (Lipinski definition) is 5. The van der Waals surface area contributed by atoms with Crippen molar-refractivity contribution >= 4 is 5.78 Å². The van der Waals surface area contributed by atoms with Crippen LogP contribution in [0.5, 0.6) is 5.75 Å². The largest absolute Gasteiger partial charge is 0.481 e. The third-order valence-electron chi connectivity index (χ3n) is 7.83. The molecular formula is C21H25NO4. The van der Waals surface area contributed by atoms with Crippen molar-refractivity contribution in [3.63, 3.8) is 0 Å². The van der Waals surface area contributed by atoms with Crippen molar-refractivity contribution in [1.29, 1.82) is 0 Å². The summed E-state index contributed by atoms with van der Waals surface area (Å²) in [6, 6.07) is 4.08. The number of carbonyl (C=O) groups excluding carboxylic acids is 1. The number of ketones is 1. The highest BCUT2D eigenvalue weighted by atomic mass is 16.5. The van der Waals surface area contributed by atoms with Gasteiger partial charge in [0.05, 0.1) is 17.6 Å². The highest BCUT2D eigenvalue weighted by Crippen LogP contribution is 2.64. The number of likely N-dealkylation sites (tertiary alicyclic amines) is 1. The molecular weight excluding hydrogens is 330 g/mol. The van der Waals surface area contributed by atoms with E-state index in [2.05, 4.69) is 11.0 Å². The van der Waals surface area contributed by atoms with Crippen LogP contribution in [0, 0.1) is 5.92 Å². The Hall–Kier alpha value is -1.43. The second kappa shape index (κ2) is 4.89. The molecule has 0 amide bonds. The van der Waals surface area contributed by atoms with Crippen LogP contribution in [0.25, 0.3) is 0 Å².